The molecule has 0 saturated heterocycles. The molecular weight excluding hydrogens is 376 g/mol. The van der Waals surface area contributed by atoms with Gasteiger partial charge in [0.2, 0.25) is 0 Å². The zero-order valence-corrected chi connectivity index (χ0v) is 15.3. The molecule has 0 radical (unpaired) electrons. The van der Waals surface area contributed by atoms with Crippen molar-refractivity contribution in [2.75, 3.05) is 0 Å². The van der Waals surface area contributed by atoms with Crippen molar-refractivity contribution in [3.05, 3.63) is 63.7 Å². The minimum absolute atomic E-state index is 0.177. The molecule has 7 heteroatoms. The Labute approximate surface area is 159 Å². The third-order valence-electron chi connectivity index (χ3n) is 4.55. The summed E-state index contributed by atoms with van der Waals surface area (Å²) in [5.74, 6) is -0.817. The maximum absolute atomic E-state index is 12.9. The van der Waals surface area contributed by atoms with Crippen LogP contribution in [0.5, 0.6) is 11.5 Å². The largest absolute Gasteiger partial charge is 0.435 e. The van der Waals surface area contributed by atoms with Gasteiger partial charge in [0, 0.05) is 22.8 Å². The Hall–Kier alpha value is -2.83. The zero-order chi connectivity index (χ0) is 20.4. The molecule has 0 atom stereocenters. The lowest BCUT2D eigenvalue weighted by Crippen LogP contribution is -2.16. The molecule has 0 aliphatic heterocycles. The van der Waals surface area contributed by atoms with Gasteiger partial charge in [-0.05, 0) is 62.1 Å². The van der Waals surface area contributed by atoms with Crippen LogP contribution < -0.4 is 9.47 Å². The fourth-order valence-electron chi connectivity index (χ4n) is 3.41. The Bertz CT molecular complexity index is 935. The third kappa shape index (κ3) is 4.35. The Kier molecular flexibility index (Phi) is 5.72. The van der Waals surface area contributed by atoms with Crippen LogP contribution in [0.4, 0.5) is 17.6 Å². The van der Waals surface area contributed by atoms with E-state index in [0.29, 0.717) is 24.0 Å². The van der Waals surface area contributed by atoms with Gasteiger partial charge in [-0.15, -0.1) is 0 Å². The van der Waals surface area contributed by atoms with E-state index in [1.807, 2.05) is 26.0 Å². The lowest BCUT2D eigenvalue weighted by molar-refractivity contribution is -0.0543. The molecule has 3 nitrogen and oxygen atoms in total. The summed E-state index contributed by atoms with van der Waals surface area (Å²) in [4.78, 5) is 12.9. The molecular formula is C21H18F4O3. The Morgan fingerprint density at radius 1 is 0.964 bits per heavy atom. The Morgan fingerprint density at radius 2 is 1.68 bits per heavy atom. The number of ether oxygens (including phenoxy) is 2. The first-order valence-electron chi connectivity index (χ1n) is 8.63. The van der Waals surface area contributed by atoms with Gasteiger partial charge in [0.05, 0.1) is 0 Å². The molecule has 0 saturated carbocycles. The lowest BCUT2D eigenvalue weighted by Gasteiger charge is -2.21. The monoisotopic (exact) mass is 394 g/mol. The second-order valence-corrected chi connectivity index (χ2v) is 6.56. The summed E-state index contributed by atoms with van der Waals surface area (Å²) in [6.07, 6.45) is 2.56. The number of hydrogen-bond donors (Lipinski definition) is 0. The zero-order valence-electron chi connectivity index (χ0n) is 15.3. The number of benzene rings is 2. The van der Waals surface area contributed by atoms with Crippen molar-refractivity contribution in [2.24, 2.45) is 0 Å². The fraction of sp³-hybridized carbons (Fsp3) is 0.286. The van der Waals surface area contributed by atoms with Crippen LogP contribution in [0, 0.1) is 13.8 Å². The number of fused-ring (bicyclic) bond motifs is 1. The molecule has 0 heterocycles. The van der Waals surface area contributed by atoms with Gasteiger partial charge in [0.1, 0.15) is 11.5 Å². The van der Waals surface area contributed by atoms with Crippen LogP contribution in [0.25, 0.3) is 6.08 Å². The molecule has 28 heavy (non-hydrogen) atoms. The quantitative estimate of drug-likeness (QED) is 0.481. The second kappa shape index (κ2) is 8.04. The van der Waals surface area contributed by atoms with Gasteiger partial charge in [-0.1, -0.05) is 11.6 Å². The minimum atomic E-state index is -3.15. The smallest absolute Gasteiger partial charge is 0.387 e. The summed E-state index contributed by atoms with van der Waals surface area (Å²) in [6, 6.07) is 7.31. The second-order valence-electron chi connectivity index (χ2n) is 6.56. The normalized spacial score (nSPS) is 15.3. The van der Waals surface area contributed by atoms with Crippen LogP contribution in [-0.4, -0.2) is 19.0 Å². The highest BCUT2D eigenvalue weighted by Gasteiger charge is 2.24. The van der Waals surface area contributed by atoms with Crippen molar-refractivity contribution in [1.29, 1.82) is 0 Å². The van der Waals surface area contributed by atoms with Crippen LogP contribution in [-0.2, 0) is 6.42 Å². The molecule has 0 unspecified atom stereocenters. The molecule has 0 aromatic heterocycles. The van der Waals surface area contributed by atoms with Gasteiger partial charge in [-0.2, -0.15) is 17.6 Å². The molecule has 0 spiro atoms. The van der Waals surface area contributed by atoms with Crippen molar-refractivity contribution in [1.82, 2.24) is 0 Å². The van der Waals surface area contributed by atoms with Crippen molar-refractivity contribution < 1.29 is 31.8 Å². The fourth-order valence-corrected chi connectivity index (χ4v) is 3.41. The van der Waals surface area contributed by atoms with Crippen LogP contribution in [0.3, 0.4) is 0 Å². The first-order valence-corrected chi connectivity index (χ1v) is 8.63. The highest BCUT2D eigenvalue weighted by atomic mass is 19.3. The van der Waals surface area contributed by atoms with Crippen molar-refractivity contribution >= 4 is 11.9 Å². The number of Topliss-reactive ketones (excluding diaryl/α,β-unsaturated/α-hetero) is 1. The molecule has 0 bridgehead atoms. The number of hydrogen-bond acceptors (Lipinski definition) is 3. The predicted octanol–water partition coefficient (Wildman–Crippen LogP) is 5.72. The van der Waals surface area contributed by atoms with Crippen molar-refractivity contribution in [3.63, 3.8) is 0 Å². The summed E-state index contributed by atoms with van der Waals surface area (Å²) >= 11 is 0. The van der Waals surface area contributed by atoms with E-state index in [0.717, 1.165) is 22.8 Å². The Balaban J connectivity index is 1.99. The standard InChI is InChI=1S/C21H18F4O3/c1-11-7-12(2)16-6-4-14(19(26)17(16)8-11)9-13-3-5-15(27-20(22)23)10-18(13)28-21(24)25/h3,5,7-10,20-21H,4,6H2,1-2H3/b14-9-. The number of allylic oxidation sites excluding steroid dienone is 1. The van der Waals surface area contributed by atoms with Gasteiger partial charge in [-0.25, -0.2) is 0 Å². The van der Waals surface area contributed by atoms with Crippen LogP contribution in [0.1, 0.15) is 39.0 Å². The van der Waals surface area contributed by atoms with E-state index in [-0.39, 0.29) is 22.8 Å². The highest BCUT2D eigenvalue weighted by Crippen LogP contribution is 2.33. The van der Waals surface area contributed by atoms with Gasteiger partial charge < -0.3 is 9.47 Å². The van der Waals surface area contributed by atoms with E-state index in [4.69, 9.17) is 0 Å². The number of alkyl halides is 4. The van der Waals surface area contributed by atoms with Crippen LogP contribution >= 0.6 is 0 Å². The van der Waals surface area contributed by atoms with E-state index in [2.05, 4.69) is 9.47 Å². The topological polar surface area (TPSA) is 35.5 Å². The molecule has 2 aromatic rings. The molecule has 0 N–H and O–H groups in total. The van der Waals surface area contributed by atoms with E-state index < -0.39 is 13.2 Å². The summed E-state index contributed by atoms with van der Waals surface area (Å²) in [6.45, 7) is -2.39. The maximum Gasteiger partial charge on any atom is 0.387 e. The highest BCUT2D eigenvalue weighted by molar-refractivity contribution is 6.13. The summed E-state index contributed by atoms with van der Waals surface area (Å²) in [5.41, 5.74) is 4.22. The van der Waals surface area contributed by atoms with Gasteiger partial charge in [-0.3, -0.25) is 4.79 Å². The minimum Gasteiger partial charge on any atom is -0.435 e. The number of aryl methyl sites for hydroxylation is 2. The summed E-state index contributed by atoms with van der Waals surface area (Å²) < 4.78 is 58.9. The van der Waals surface area contributed by atoms with E-state index in [9.17, 15) is 22.4 Å². The maximum atomic E-state index is 12.9. The van der Waals surface area contributed by atoms with Crippen molar-refractivity contribution in [2.45, 2.75) is 39.9 Å². The first kappa shape index (κ1) is 19.9. The van der Waals surface area contributed by atoms with Crippen LogP contribution in [0.2, 0.25) is 0 Å². The number of halogens is 4. The third-order valence-corrected chi connectivity index (χ3v) is 4.55. The number of carbonyl (C=O) groups excluding carboxylic acids is 1. The average Bonchev–Trinajstić information content (AvgIpc) is 2.58. The molecule has 148 valence electrons. The number of rotatable bonds is 5. The predicted molar refractivity (Wildman–Crippen MR) is 96.3 cm³/mol. The molecule has 0 fully saturated rings. The lowest BCUT2D eigenvalue weighted by atomic mass is 9.83. The first-order chi connectivity index (χ1) is 13.2. The average molecular weight is 394 g/mol. The van der Waals surface area contributed by atoms with E-state index in [1.54, 1.807) is 0 Å². The molecule has 1 aliphatic rings. The molecule has 2 aromatic carbocycles. The summed E-state index contributed by atoms with van der Waals surface area (Å²) in [5, 5.41) is 0. The van der Waals surface area contributed by atoms with E-state index in [1.165, 1.54) is 18.2 Å². The molecule has 1 aliphatic carbocycles. The van der Waals surface area contributed by atoms with Crippen LogP contribution in [0.15, 0.2) is 35.9 Å². The number of carbonyl (C=O) groups is 1. The van der Waals surface area contributed by atoms with Gasteiger partial charge in [0.15, 0.2) is 5.78 Å². The summed E-state index contributed by atoms with van der Waals surface area (Å²) in [7, 11) is 0. The number of ketones is 1. The molecule has 0 amide bonds. The van der Waals surface area contributed by atoms with Gasteiger partial charge >= 0.3 is 13.2 Å². The Morgan fingerprint density at radius 3 is 2.36 bits per heavy atom. The SMILES string of the molecule is Cc1cc(C)c2c(c1)C(=O)/C(=C\c1ccc(OC(F)F)cc1OC(F)F)CC2. The van der Waals surface area contributed by atoms with Crippen molar-refractivity contribution in [3.8, 4) is 11.5 Å². The van der Waals surface area contributed by atoms with E-state index >= 15 is 0 Å². The molecule has 3 rings (SSSR count). The van der Waals surface area contributed by atoms with Gasteiger partial charge in [0.25, 0.3) is 0 Å².